The number of aromatic nitrogens is 2. The molecule has 0 saturated carbocycles. The van der Waals surface area contributed by atoms with E-state index >= 15 is 0 Å². The molecule has 3 rings (SSSR count). The van der Waals surface area contributed by atoms with Crippen molar-refractivity contribution in [3.05, 3.63) is 60.2 Å². The van der Waals surface area contributed by atoms with Gasteiger partial charge in [-0.05, 0) is 29.8 Å². The number of methoxy groups -OCH3 is 1. The zero-order valence-corrected chi connectivity index (χ0v) is 16.0. The van der Waals surface area contributed by atoms with E-state index in [9.17, 15) is 4.79 Å². The molecule has 0 atom stereocenters. The van der Waals surface area contributed by atoms with Crippen molar-refractivity contribution in [1.29, 1.82) is 0 Å². The van der Waals surface area contributed by atoms with E-state index in [1.54, 1.807) is 18.9 Å². The van der Waals surface area contributed by atoms with Crippen molar-refractivity contribution in [1.82, 2.24) is 10.2 Å². The monoisotopic (exact) mass is 385 g/mol. The summed E-state index contributed by atoms with van der Waals surface area (Å²) in [5, 5.41) is 12.3. The average Bonchev–Trinajstić information content (AvgIpc) is 3.14. The number of benzene rings is 2. The molecular formula is C19H19N3O2S2. The van der Waals surface area contributed by atoms with Gasteiger partial charge in [-0.3, -0.25) is 4.79 Å². The Labute approximate surface area is 160 Å². The number of nitrogens with zero attached hydrogens (tertiary/aromatic N) is 2. The van der Waals surface area contributed by atoms with Gasteiger partial charge in [-0.25, -0.2) is 0 Å². The van der Waals surface area contributed by atoms with Gasteiger partial charge in [-0.2, -0.15) is 11.8 Å². The van der Waals surface area contributed by atoms with Crippen LogP contribution in [0.5, 0.6) is 5.75 Å². The third-order valence-electron chi connectivity index (χ3n) is 3.59. The maximum Gasteiger partial charge on any atom is 0.227 e. The normalized spacial score (nSPS) is 10.5. The van der Waals surface area contributed by atoms with E-state index in [0.717, 1.165) is 27.8 Å². The van der Waals surface area contributed by atoms with Gasteiger partial charge in [0, 0.05) is 23.5 Å². The quantitative estimate of drug-likeness (QED) is 0.579. The van der Waals surface area contributed by atoms with Crippen molar-refractivity contribution in [2.45, 2.75) is 12.2 Å². The topological polar surface area (TPSA) is 64.1 Å². The van der Waals surface area contributed by atoms with Crippen LogP contribution >= 0.6 is 23.1 Å². The van der Waals surface area contributed by atoms with E-state index in [1.165, 1.54) is 16.9 Å². The summed E-state index contributed by atoms with van der Waals surface area (Å²) >= 11 is 3.11. The van der Waals surface area contributed by atoms with E-state index in [4.69, 9.17) is 4.74 Å². The number of amides is 1. The maximum atomic E-state index is 12.1. The summed E-state index contributed by atoms with van der Waals surface area (Å²) in [4.78, 5) is 12.1. The van der Waals surface area contributed by atoms with E-state index < -0.39 is 0 Å². The van der Waals surface area contributed by atoms with Crippen molar-refractivity contribution in [2.24, 2.45) is 0 Å². The summed E-state index contributed by atoms with van der Waals surface area (Å²) in [6, 6.07) is 17.8. The summed E-state index contributed by atoms with van der Waals surface area (Å²) in [5.74, 6) is 2.43. The molecule has 0 aliphatic rings. The Bertz CT molecular complexity index is 836. The van der Waals surface area contributed by atoms with Crippen LogP contribution in [0.25, 0.3) is 10.6 Å². The fourth-order valence-electron chi connectivity index (χ4n) is 2.23. The van der Waals surface area contributed by atoms with Crippen LogP contribution < -0.4 is 10.1 Å². The molecule has 0 radical (unpaired) electrons. The Morgan fingerprint density at radius 1 is 1.12 bits per heavy atom. The van der Waals surface area contributed by atoms with Gasteiger partial charge in [0.15, 0.2) is 0 Å². The maximum absolute atomic E-state index is 12.1. The number of thioether (sulfide) groups is 1. The Kier molecular flexibility index (Phi) is 6.62. The summed E-state index contributed by atoms with van der Waals surface area (Å²) in [5.41, 5.74) is 2.22. The highest BCUT2D eigenvalue weighted by molar-refractivity contribution is 7.98. The Morgan fingerprint density at radius 3 is 2.62 bits per heavy atom. The molecule has 5 nitrogen and oxygen atoms in total. The highest BCUT2D eigenvalue weighted by Gasteiger charge is 2.10. The predicted molar refractivity (Wildman–Crippen MR) is 108 cm³/mol. The van der Waals surface area contributed by atoms with Crippen LogP contribution in [0.4, 0.5) is 5.13 Å². The molecule has 1 amide bonds. The van der Waals surface area contributed by atoms with Gasteiger partial charge in [0.1, 0.15) is 10.8 Å². The van der Waals surface area contributed by atoms with Crippen molar-refractivity contribution in [3.63, 3.8) is 0 Å². The third-order valence-corrected chi connectivity index (χ3v) is 5.51. The number of hydrogen-bond acceptors (Lipinski definition) is 6. The standard InChI is InChI=1S/C19H19N3O2S2/c1-24-16-9-7-15(8-10-16)18-21-22-19(26-18)20-17(23)11-12-25-13-14-5-3-2-4-6-14/h2-10H,11-13H2,1H3,(H,20,22,23). The number of anilines is 1. The second-order valence-corrected chi connectivity index (χ2v) is 7.56. The number of nitrogens with one attached hydrogen (secondary N) is 1. The molecule has 0 bridgehead atoms. The Hall–Kier alpha value is -2.38. The van der Waals surface area contributed by atoms with Crippen molar-refractivity contribution < 1.29 is 9.53 Å². The molecule has 2 aromatic carbocycles. The van der Waals surface area contributed by atoms with E-state index in [-0.39, 0.29) is 5.91 Å². The first-order valence-electron chi connectivity index (χ1n) is 8.14. The molecule has 134 valence electrons. The first-order valence-corrected chi connectivity index (χ1v) is 10.1. The molecule has 7 heteroatoms. The van der Waals surface area contributed by atoms with Crippen LogP contribution in [-0.4, -0.2) is 29.0 Å². The molecule has 26 heavy (non-hydrogen) atoms. The van der Waals surface area contributed by atoms with Crippen LogP contribution in [-0.2, 0) is 10.5 Å². The van der Waals surface area contributed by atoms with Crippen molar-refractivity contribution >= 4 is 34.1 Å². The minimum Gasteiger partial charge on any atom is -0.497 e. The zero-order valence-electron chi connectivity index (χ0n) is 14.3. The number of carbonyl (C=O) groups excluding carboxylic acids is 1. The van der Waals surface area contributed by atoms with Gasteiger partial charge >= 0.3 is 0 Å². The lowest BCUT2D eigenvalue weighted by Gasteiger charge is -2.02. The van der Waals surface area contributed by atoms with E-state index in [1.807, 2.05) is 42.5 Å². The largest absolute Gasteiger partial charge is 0.497 e. The molecule has 0 spiro atoms. The van der Waals surface area contributed by atoms with Gasteiger partial charge in [0.25, 0.3) is 0 Å². The minimum absolute atomic E-state index is 0.0389. The van der Waals surface area contributed by atoms with Crippen LogP contribution in [0.2, 0.25) is 0 Å². The molecule has 3 aromatic rings. The van der Waals surface area contributed by atoms with Crippen LogP contribution in [0.15, 0.2) is 54.6 Å². The molecular weight excluding hydrogens is 366 g/mol. The number of carbonyl (C=O) groups is 1. The lowest BCUT2D eigenvalue weighted by atomic mass is 10.2. The number of ether oxygens (including phenoxy) is 1. The molecule has 0 saturated heterocycles. The average molecular weight is 386 g/mol. The fraction of sp³-hybridized carbons (Fsp3) is 0.211. The van der Waals surface area contributed by atoms with Crippen LogP contribution in [0.1, 0.15) is 12.0 Å². The summed E-state index contributed by atoms with van der Waals surface area (Å²) < 4.78 is 5.15. The minimum atomic E-state index is -0.0389. The molecule has 1 N–H and O–H groups in total. The van der Waals surface area contributed by atoms with Gasteiger partial charge < -0.3 is 10.1 Å². The number of rotatable bonds is 8. The van der Waals surface area contributed by atoms with Crippen molar-refractivity contribution in [2.75, 3.05) is 18.2 Å². The Morgan fingerprint density at radius 2 is 1.88 bits per heavy atom. The summed E-state index contributed by atoms with van der Waals surface area (Å²) in [6.45, 7) is 0. The van der Waals surface area contributed by atoms with Gasteiger partial charge in [0.2, 0.25) is 11.0 Å². The lowest BCUT2D eigenvalue weighted by molar-refractivity contribution is -0.115. The van der Waals surface area contributed by atoms with Gasteiger partial charge in [0.05, 0.1) is 7.11 Å². The highest BCUT2D eigenvalue weighted by Crippen LogP contribution is 2.27. The van der Waals surface area contributed by atoms with E-state index in [2.05, 4.69) is 27.6 Å². The Balaban J connectivity index is 1.45. The number of hydrogen-bond donors (Lipinski definition) is 1. The predicted octanol–water partition coefficient (Wildman–Crippen LogP) is 4.48. The molecule has 0 unspecified atom stereocenters. The molecule has 1 heterocycles. The van der Waals surface area contributed by atoms with Crippen LogP contribution in [0.3, 0.4) is 0 Å². The zero-order chi connectivity index (χ0) is 18.2. The van der Waals surface area contributed by atoms with E-state index in [0.29, 0.717) is 11.6 Å². The van der Waals surface area contributed by atoms with Crippen LogP contribution in [0, 0.1) is 0 Å². The molecule has 1 aromatic heterocycles. The summed E-state index contributed by atoms with van der Waals surface area (Å²) in [6.07, 6.45) is 0.453. The van der Waals surface area contributed by atoms with Gasteiger partial charge in [-0.15, -0.1) is 10.2 Å². The first kappa shape index (κ1) is 18.4. The smallest absolute Gasteiger partial charge is 0.227 e. The molecule has 0 aliphatic heterocycles. The second kappa shape index (κ2) is 9.35. The summed E-state index contributed by atoms with van der Waals surface area (Å²) in [7, 11) is 1.63. The van der Waals surface area contributed by atoms with Gasteiger partial charge in [-0.1, -0.05) is 41.7 Å². The first-order chi connectivity index (χ1) is 12.7. The second-order valence-electron chi connectivity index (χ2n) is 5.48. The highest BCUT2D eigenvalue weighted by atomic mass is 32.2. The lowest BCUT2D eigenvalue weighted by Crippen LogP contribution is -2.12. The molecule has 0 aliphatic carbocycles. The SMILES string of the molecule is COc1ccc(-c2nnc(NC(=O)CCSCc3ccccc3)s2)cc1. The fourth-order valence-corrected chi connectivity index (χ4v) is 3.90. The van der Waals surface area contributed by atoms with Crippen molar-refractivity contribution in [3.8, 4) is 16.3 Å². The molecule has 0 fully saturated rings. The third kappa shape index (κ3) is 5.31.